The van der Waals surface area contributed by atoms with Crippen molar-refractivity contribution in [3.63, 3.8) is 0 Å². The van der Waals surface area contributed by atoms with Crippen molar-refractivity contribution < 1.29 is 26.3 Å². The fraction of sp³-hybridized carbons (Fsp3) is 0.375. The second-order valence-electron chi connectivity index (χ2n) is 3.21. The number of rotatable bonds is 5. The molecule has 1 aromatic rings. The van der Waals surface area contributed by atoms with Gasteiger partial charge in [0.1, 0.15) is 0 Å². The summed E-state index contributed by atoms with van der Waals surface area (Å²) < 4.78 is 74.7. The lowest BCUT2D eigenvalue weighted by atomic mass is 10.3. The average molecular weight is 274 g/mol. The lowest BCUT2D eigenvalue weighted by Crippen LogP contribution is -2.35. The van der Waals surface area contributed by atoms with Crippen molar-refractivity contribution >= 4 is 11.6 Å². The summed E-state index contributed by atoms with van der Waals surface area (Å²) in [4.78, 5) is 3.18. The van der Waals surface area contributed by atoms with Crippen LogP contribution < -0.4 is 16.6 Å². The second-order valence-corrected chi connectivity index (χ2v) is 3.21. The highest BCUT2D eigenvalue weighted by Gasteiger charge is 2.40. The van der Waals surface area contributed by atoms with Crippen LogP contribution in [-0.4, -0.2) is 23.9 Å². The highest BCUT2D eigenvalue weighted by Crippen LogP contribution is 2.24. The van der Waals surface area contributed by atoms with E-state index in [1.165, 1.54) is 0 Å². The minimum atomic E-state index is -4.36. The van der Waals surface area contributed by atoms with Gasteiger partial charge in [-0.15, -0.1) is 0 Å². The zero-order valence-corrected chi connectivity index (χ0v) is 8.65. The zero-order chi connectivity index (χ0) is 13.9. The first-order chi connectivity index (χ1) is 8.27. The van der Waals surface area contributed by atoms with Gasteiger partial charge in [0.15, 0.2) is 23.3 Å². The molecule has 0 fully saturated rings. The molecule has 0 aromatic carbocycles. The average Bonchev–Trinajstić information content (AvgIpc) is 2.27. The highest BCUT2D eigenvalue weighted by molar-refractivity contribution is 5.47. The molecule has 0 unspecified atom stereocenters. The van der Waals surface area contributed by atoms with Crippen LogP contribution in [0.25, 0.3) is 0 Å². The van der Waals surface area contributed by atoms with Crippen molar-refractivity contribution in [1.29, 1.82) is 0 Å². The van der Waals surface area contributed by atoms with Crippen LogP contribution in [0.5, 0.6) is 0 Å². The van der Waals surface area contributed by atoms with Gasteiger partial charge in [0.2, 0.25) is 0 Å². The van der Waals surface area contributed by atoms with Crippen molar-refractivity contribution in [2.45, 2.75) is 12.3 Å². The predicted octanol–water partition coefficient (Wildman–Crippen LogP) is 1.96. The molecule has 0 amide bonds. The Morgan fingerprint density at radius 3 is 2.28 bits per heavy atom. The van der Waals surface area contributed by atoms with Gasteiger partial charge in [-0.1, -0.05) is 0 Å². The van der Waals surface area contributed by atoms with Gasteiger partial charge in [-0.25, -0.2) is 28.4 Å². The van der Waals surface area contributed by atoms with Crippen molar-refractivity contribution in [2.75, 3.05) is 17.3 Å². The molecule has 0 saturated carbocycles. The Labute approximate surface area is 97.1 Å². The van der Waals surface area contributed by atoms with Gasteiger partial charge in [-0.2, -0.15) is 8.78 Å². The first-order valence-electron chi connectivity index (χ1n) is 4.50. The Bertz CT molecular complexity index is 424. The van der Waals surface area contributed by atoms with Crippen LogP contribution in [0, 0.1) is 11.6 Å². The molecule has 1 heterocycles. The zero-order valence-electron chi connectivity index (χ0n) is 8.65. The molecule has 0 spiro atoms. The summed E-state index contributed by atoms with van der Waals surface area (Å²) in [5.74, 6) is -3.42. The Hall–Kier alpha value is -1.71. The molecule has 102 valence electrons. The minimum Gasteiger partial charge on any atom is -0.361 e. The summed E-state index contributed by atoms with van der Waals surface area (Å²) in [5.41, 5.74) is 1.75. The van der Waals surface area contributed by atoms with Crippen molar-refractivity contribution in [2.24, 2.45) is 5.84 Å². The van der Waals surface area contributed by atoms with Crippen LogP contribution >= 0.6 is 0 Å². The van der Waals surface area contributed by atoms with E-state index in [-0.39, 0.29) is 0 Å². The first kappa shape index (κ1) is 14.4. The van der Waals surface area contributed by atoms with E-state index in [1.807, 2.05) is 0 Å². The summed E-state index contributed by atoms with van der Waals surface area (Å²) >= 11 is 0. The van der Waals surface area contributed by atoms with E-state index in [1.54, 1.807) is 10.7 Å². The number of halogens is 6. The molecular weight excluding hydrogens is 266 g/mol. The number of hydrogen-bond donors (Lipinski definition) is 3. The molecule has 1 rings (SSSR count). The van der Waals surface area contributed by atoms with Crippen molar-refractivity contribution in [1.82, 2.24) is 4.98 Å². The molecule has 0 aliphatic heterocycles. The molecule has 0 aliphatic carbocycles. The number of nitrogens with zero attached hydrogens (tertiary/aromatic N) is 1. The molecule has 0 aliphatic rings. The van der Waals surface area contributed by atoms with Gasteiger partial charge >= 0.3 is 12.3 Å². The van der Waals surface area contributed by atoms with Crippen LogP contribution in [0.4, 0.5) is 38.0 Å². The number of nitrogen functional groups attached to an aromatic ring is 1. The SMILES string of the molecule is NNc1nc(NCC(F)(F)C(F)F)c(F)cc1F. The third-order valence-corrected chi connectivity index (χ3v) is 1.88. The largest absolute Gasteiger partial charge is 0.361 e. The summed E-state index contributed by atoms with van der Waals surface area (Å²) in [6.45, 7) is -1.55. The van der Waals surface area contributed by atoms with E-state index in [0.717, 1.165) is 0 Å². The summed E-state index contributed by atoms with van der Waals surface area (Å²) in [7, 11) is 0. The third kappa shape index (κ3) is 3.15. The van der Waals surface area contributed by atoms with Gasteiger partial charge in [0.25, 0.3) is 0 Å². The summed E-state index contributed by atoms with van der Waals surface area (Å²) in [5, 5.41) is 1.66. The molecule has 18 heavy (non-hydrogen) atoms. The monoisotopic (exact) mass is 274 g/mol. The fourth-order valence-electron chi connectivity index (χ4n) is 0.970. The molecule has 0 atom stereocenters. The Balaban J connectivity index is 2.85. The van der Waals surface area contributed by atoms with E-state index < -0.39 is 42.2 Å². The van der Waals surface area contributed by atoms with Gasteiger partial charge < -0.3 is 10.7 Å². The maximum atomic E-state index is 13.1. The first-order valence-corrected chi connectivity index (χ1v) is 4.50. The molecule has 1 aromatic heterocycles. The van der Waals surface area contributed by atoms with E-state index >= 15 is 0 Å². The number of nitrogens with two attached hydrogens (primary N) is 1. The van der Waals surface area contributed by atoms with Gasteiger partial charge in [-0.05, 0) is 0 Å². The molecular formula is C8H8F6N4. The van der Waals surface area contributed by atoms with Crippen LogP contribution in [-0.2, 0) is 0 Å². The molecule has 0 bridgehead atoms. The number of hydrogen-bond acceptors (Lipinski definition) is 4. The van der Waals surface area contributed by atoms with Crippen LogP contribution in [0.1, 0.15) is 0 Å². The fourth-order valence-corrected chi connectivity index (χ4v) is 0.970. The number of nitrogens with one attached hydrogen (secondary N) is 2. The number of anilines is 2. The van der Waals surface area contributed by atoms with Crippen LogP contribution in [0.15, 0.2) is 6.07 Å². The van der Waals surface area contributed by atoms with Gasteiger partial charge in [0.05, 0.1) is 6.54 Å². The molecule has 4 nitrogen and oxygen atoms in total. The topological polar surface area (TPSA) is 63.0 Å². The number of hydrazine groups is 1. The molecule has 10 heteroatoms. The number of alkyl halides is 4. The van der Waals surface area contributed by atoms with Crippen molar-refractivity contribution in [3.8, 4) is 0 Å². The van der Waals surface area contributed by atoms with Gasteiger partial charge in [-0.3, -0.25) is 0 Å². The maximum Gasteiger partial charge on any atom is 0.324 e. The minimum absolute atomic E-state index is 0.324. The lowest BCUT2D eigenvalue weighted by Gasteiger charge is -2.16. The Kier molecular flexibility index (Phi) is 4.22. The van der Waals surface area contributed by atoms with E-state index in [0.29, 0.717) is 6.07 Å². The number of pyridine rings is 1. The number of aromatic nitrogens is 1. The summed E-state index contributed by atoms with van der Waals surface area (Å²) in [6.07, 6.45) is -3.92. The summed E-state index contributed by atoms with van der Waals surface area (Å²) in [6, 6.07) is 0.324. The van der Waals surface area contributed by atoms with E-state index in [9.17, 15) is 26.3 Å². The van der Waals surface area contributed by atoms with E-state index in [4.69, 9.17) is 5.84 Å². The quantitative estimate of drug-likeness (QED) is 0.436. The molecule has 0 saturated heterocycles. The molecule has 4 N–H and O–H groups in total. The predicted molar refractivity (Wildman–Crippen MR) is 51.4 cm³/mol. The lowest BCUT2D eigenvalue weighted by molar-refractivity contribution is -0.117. The van der Waals surface area contributed by atoms with Gasteiger partial charge in [0, 0.05) is 6.07 Å². The third-order valence-electron chi connectivity index (χ3n) is 1.88. The Morgan fingerprint density at radius 2 is 1.78 bits per heavy atom. The van der Waals surface area contributed by atoms with Crippen LogP contribution in [0.2, 0.25) is 0 Å². The van der Waals surface area contributed by atoms with Crippen molar-refractivity contribution in [3.05, 3.63) is 17.7 Å². The Morgan fingerprint density at radius 1 is 1.22 bits per heavy atom. The van der Waals surface area contributed by atoms with E-state index in [2.05, 4.69) is 4.98 Å². The molecule has 0 radical (unpaired) electrons. The highest BCUT2D eigenvalue weighted by atomic mass is 19.3. The standard InChI is InChI=1S/C8H8F6N4/c9-3-1-4(10)6(18-15)17-5(3)16-2-8(13,14)7(11)12/h1,7H,2,15H2,(H2,16,17,18). The van der Waals surface area contributed by atoms with Crippen LogP contribution in [0.3, 0.4) is 0 Å². The maximum absolute atomic E-state index is 13.1. The smallest absolute Gasteiger partial charge is 0.324 e. The normalized spacial score (nSPS) is 11.8. The second kappa shape index (κ2) is 5.29.